The van der Waals surface area contributed by atoms with E-state index in [4.69, 9.17) is 0 Å². The molecule has 1 aliphatic carbocycles. The van der Waals surface area contributed by atoms with E-state index in [9.17, 15) is 4.79 Å². The summed E-state index contributed by atoms with van der Waals surface area (Å²) in [6.45, 7) is 0. The van der Waals surface area contributed by atoms with Gasteiger partial charge in [0.2, 0.25) is 5.82 Å². The maximum Gasteiger partial charge on any atom is 0.204 e. The molecule has 1 aliphatic heterocycles. The van der Waals surface area contributed by atoms with Gasteiger partial charge in [0.1, 0.15) is 0 Å². The number of carbonyl (C=O) groups excluding carboxylic acids is 1. The van der Waals surface area contributed by atoms with Crippen LogP contribution >= 0.6 is 15.9 Å². The van der Waals surface area contributed by atoms with Crippen LogP contribution in [0.3, 0.4) is 0 Å². The summed E-state index contributed by atoms with van der Waals surface area (Å²) in [7, 11) is 0. The minimum atomic E-state index is 0.0290. The second kappa shape index (κ2) is 4.99. The third-order valence-corrected chi connectivity index (χ3v) is 4.66. The smallest absolute Gasteiger partial charge is 0.204 e. The Balaban J connectivity index is 1.53. The highest BCUT2D eigenvalue weighted by molar-refractivity contribution is 9.10. The highest BCUT2D eigenvalue weighted by Gasteiger charge is 2.47. The van der Waals surface area contributed by atoms with E-state index in [0.717, 1.165) is 27.9 Å². The molecule has 0 unspecified atom stereocenters. The molecule has 1 saturated heterocycles. The van der Waals surface area contributed by atoms with Gasteiger partial charge in [-0.3, -0.25) is 4.79 Å². The zero-order chi connectivity index (χ0) is 14.4. The Morgan fingerprint density at radius 2 is 2.24 bits per heavy atom. The minimum absolute atomic E-state index is 0.0290. The van der Waals surface area contributed by atoms with Gasteiger partial charge in [-0.15, -0.1) is 10.2 Å². The van der Waals surface area contributed by atoms with E-state index in [0.29, 0.717) is 18.3 Å². The molecule has 2 heterocycles. The van der Waals surface area contributed by atoms with Crippen molar-refractivity contribution >= 4 is 21.7 Å². The van der Waals surface area contributed by atoms with Crippen LogP contribution in [-0.2, 0) is 11.2 Å². The van der Waals surface area contributed by atoms with Crippen molar-refractivity contribution in [3.8, 4) is 11.4 Å². The number of Topliss-reactive ketones (excluding diaryl/α,β-unsaturated/α-hetero) is 1. The number of halogens is 1. The number of carbonyl (C=O) groups is 1. The van der Waals surface area contributed by atoms with Crippen LogP contribution < -0.4 is 5.32 Å². The van der Waals surface area contributed by atoms with E-state index in [-0.39, 0.29) is 11.8 Å². The summed E-state index contributed by atoms with van der Waals surface area (Å²) in [4.78, 5) is 12.4. The first-order valence-electron chi connectivity index (χ1n) is 7.01. The SMILES string of the molecule is O=C(Cc1cc(Br)cc(-c2nn[nH]n2)c1)[C@@H]1C[C@H]2C[C@H]2N1. The molecule has 2 N–H and O–H groups in total. The number of hydrogen-bond donors (Lipinski definition) is 2. The lowest BCUT2D eigenvalue weighted by molar-refractivity contribution is -0.120. The molecular weight excluding hydrogens is 334 g/mol. The fourth-order valence-electron chi connectivity index (χ4n) is 3.06. The predicted molar refractivity (Wildman–Crippen MR) is 79.5 cm³/mol. The number of ketones is 1. The number of benzene rings is 1. The van der Waals surface area contributed by atoms with Gasteiger partial charge in [-0.05, 0) is 47.7 Å². The van der Waals surface area contributed by atoms with Crippen molar-refractivity contribution in [2.24, 2.45) is 5.92 Å². The molecule has 7 heteroatoms. The van der Waals surface area contributed by atoms with E-state index in [1.165, 1.54) is 6.42 Å². The van der Waals surface area contributed by atoms with Crippen molar-refractivity contribution in [1.82, 2.24) is 25.9 Å². The molecule has 1 aromatic heterocycles. The second-order valence-corrected chi connectivity index (χ2v) is 6.70. The zero-order valence-corrected chi connectivity index (χ0v) is 12.8. The van der Waals surface area contributed by atoms with E-state index >= 15 is 0 Å². The van der Waals surface area contributed by atoms with E-state index < -0.39 is 0 Å². The first-order valence-corrected chi connectivity index (χ1v) is 7.80. The lowest BCUT2D eigenvalue weighted by Gasteiger charge is -2.12. The Bertz CT molecular complexity index is 677. The van der Waals surface area contributed by atoms with Crippen LogP contribution in [0.4, 0.5) is 0 Å². The number of H-pyrrole nitrogens is 1. The highest BCUT2D eigenvalue weighted by atomic mass is 79.9. The van der Waals surface area contributed by atoms with Gasteiger partial charge in [0.15, 0.2) is 5.78 Å². The normalized spacial score (nSPS) is 26.6. The number of aromatic nitrogens is 4. The highest BCUT2D eigenvalue weighted by Crippen LogP contribution is 2.41. The molecule has 4 rings (SSSR count). The lowest BCUT2D eigenvalue weighted by Crippen LogP contribution is -2.34. The Hall–Kier alpha value is -1.60. The molecule has 1 saturated carbocycles. The Labute approximate surface area is 129 Å². The van der Waals surface area contributed by atoms with Gasteiger partial charge in [-0.2, -0.15) is 5.21 Å². The summed E-state index contributed by atoms with van der Waals surface area (Å²) in [5.74, 6) is 1.53. The molecular formula is C14H14BrN5O. The topological polar surface area (TPSA) is 83.6 Å². The molecule has 0 bridgehead atoms. The predicted octanol–water partition coefficient (Wildman–Crippen LogP) is 1.49. The molecule has 3 atom stereocenters. The minimum Gasteiger partial charge on any atom is -0.304 e. The Morgan fingerprint density at radius 3 is 2.95 bits per heavy atom. The summed E-state index contributed by atoms with van der Waals surface area (Å²) >= 11 is 3.48. The van der Waals surface area contributed by atoms with E-state index in [1.807, 2.05) is 18.2 Å². The first-order chi connectivity index (χ1) is 10.2. The second-order valence-electron chi connectivity index (χ2n) is 5.78. The molecule has 2 aromatic rings. The fraction of sp³-hybridized carbons (Fsp3) is 0.429. The fourth-order valence-corrected chi connectivity index (χ4v) is 3.60. The Kier molecular flexibility index (Phi) is 3.11. The lowest BCUT2D eigenvalue weighted by atomic mass is 10.00. The summed E-state index contributed by atoms with van der Waals surface area (Å²) in [6.07, 6.45) is 2.67. The molecule has 0 amide bonds. The van der Waals surface area contributed by atoms with Gasteiger partial charge in [-0.25, -0.2) is 0 Å². The number of fused-ring (bicyclic) bond motifs is 1. The zero-order valence-electron chi connectivity index (χ0n) is 11.2. The van der Waals surface area contributed by atoms with Gasteiger partial charge < -0.3 is 5.32 Å². The molecule has 21 heavy (non-hydrogen) atoms. The average Bonchev–Trinajstić information content (AvgIpc) is 2.92. The van der Waals surface area contributed by atoms with Crippen molar-refractivity contribution < 1.29 is 4.79 Å². The van der Waals surface area contributed by atoms with Crippen molar-refractivity contribution in [2.75, 3.05) is 0 Å². The van der Waals surface area contributed by atoms with Crippen LogP contribution in [0, 0.1) is 5.92 Å². The number of rotatable bonds is 4. The van der Waals surface area contributed by atoms with Crippen molar-refractivity contribution in [1.29, 1.82) is 0 Å². The molecule has 0 spiro atoms. The number of aromatic amines is 1. The number of nitrogens with one attached hydrogen (secondary N) is 2. The van der Waals surface area contributed by atoms with E-state index in [1.54, 1.807) is 0 Å². The van der Waals surface area contributed by atoms with Crippen LogP contribution in [0.15, 0.2) is 22.7 Å². The molecule has 108 valence electrons. The summed E-state index contributed by atoms with van der Waals surface area (Å²) < 4.78 is 0.912. The maximum atomic E-state index is 12.4. The van der Waals surface area contributed by atoms with Crippen LogP contribution in [0.25, 0.3) is 11.4 Å². The maximum absolute atomic E-state index is 12.4. The quantitative estimate of drug-likeness (QED) is 0.875. The van der Waals surface area contributed by atoms with Crippen molar-refractivity contribution in [3.05, 3.63) is 28.2 Å². The van der Waals surface area contributed by atoms with Crippen LogP contribution in [0.2, 0.25) is 0 Å². The third kappa shape index (κ3) is 2.63. The van der Waals surface area contributed by atoms with Gasteiger partial charge >= 0.3 is 0 Å². The molecule has 2 fully saturated rings. The van der Waals surface area contributed by atoms with E-state index in [2.05, 4.69) is 41.9 Å². The number of tetrazole rings is 1. The average molecular weight is 348 g/mol. The van der Waals surface area contributed by atoms with Gasteiger partial charge in [-0.1, -0.05) is 15.9 Å². The summed E-state index contributed by atoms with van der Waals surface area (Å²) in [5, 5.41) is 17.4. The first kappa shape index (κ1) is 13.1. The molecule has 2 aliphatic rings. The van der Waals surface area contributed by atoms with Crippen LogP contribution in [0.1, 0.15) is 18.4 Å². The molecule has 6 nitrogen and oxygen atoms in total. The van der Waals surface area contributed by atoms with Gasteiger partial charge in [0.05, 0.1) is 6.04 Å². The third-order valence-electron chi connectivity index (χ3n) is 4.20. The summed E-state index contributed by atoms with van der Waals surface area (Å²) in [5.41, 5.74) is 1.82. The van der Waals surface area contributed by atoms with Crippen molar-refractivity contribution in [2.45, 2.75) is 31.3 Å². The van der Waals surface area contributed by atoms with Crippen LogP contribution in [0.5, 0.6) is 0 Å². The van der Waals surface area contributed by atoms with Crippen molar-refractivity contribution in [3.63, 3.8) is 0 Å². The standard InChI is InChI=1S/C14H14BrN5O/c15-10-2-7(1-9(4-10)14-17-19-20-18-14)3-13(21)12-6-8-5-11(8)16-12/h1-2,4,8,11-12,16H,3,5-6H2,(H,17,18,19,20)/t8-,11-,12+/m1/s1. The largest absolute Gasteiger partial charge is 0.304 e. The summed E-state index contributed by atoms with van der Waals surface area (Å²) in [6, 6.07) is 6.46. The molecule has 0 radical (unpaired) electrons. The number of hydrogen-bond acceptors (Lipinski definition) is 5. The number of piperidine rings is 1. The van der Waals surface area contributed by atoms with Gasteiger partial charge in [0.25, 0.3) is 0 Å². The Morgan fingerprint density at radius 1 is 1.33 bits per heavy atom. The van der Waals surface area contributed by atoms with Gasteiger partial charge in [0, 0.05) is 22.5 Å². The molecule has 1 aromatic carbocycles. The monoisotopic (exact) mass is 347 g/mol. The van der Waals surface area contributed by atoms with Crippen LogP contribution in [-0.4, -0.2) is 38.5 Å². The number of nitrogens with zero attached hydrogens (tertiary/aromatic N) is 3.